The Bertz CT molecular complexity index is 921. The van der Waals surface area contributed by atoms with Crippen LogP contribution in [0.1, 0.15) is 23.4 Å². The highest BCUT2D eigenvalue weighted by molar-refractivity contribution is 5.82. The molecule has 164 valence electrons. The Morgan fingerprint density at radius 2 is 1.83 bits per heavy atom. The molecule has 1 amide bonds. The monoisotopic (exact) mass is 416 g/mol. The second kappa shape index (κ2) is 8.63. The summed E-state index contributed by atoms with van der Waals surface area (Å²) in [6.45, 7) is 9.68. The summed E-state index contributed by atoms with van der Waals surface area (Å²) in [6.07, 6.45) is -1.34. The number of ether oxygens (including phenoxy) is 1. The summed E-state index contributed by atoms with van der Waals surface area (Å²) >= 11 is 0. The average molecular weight is 417 g/mol. The number of carbonyl (C=O) groups is 1. The van der Waals surface area contributed by atoms with Gasteiger partial charge in [-0.3, -0.25) is 9.69 Å². The standard InChI is InChI=1S/C22H32N4O4/c1-14-10-17-18(11-15(14)2)26(16(3)23-17)13-21(28)25-5-4-20(27)22(29)19(12-25)24-6-8-30-9-7-24/h10-11,19-20,22,27,29H,4-9,12-13H2,1-3H3/t19-,20-,22+/m1/s1. The van der Waals surface area contributed by atoms with E-state index < -0.39 is 12.2 Å². The van der Waals surface area contributed by atoms with Crippen molar-refractivity contribution in [1.29, 1.82) is 0 Å². The molecule has 4 rings (SSSR count). The van der Waals surface area contributed by atoms with E-state index >= 15 is 0 Å². The maximum atomic E-state index is 13.3. The average Bonchev–Trinajstić information content (AvgIpc) is 2.93. The van der Waals surface area contributed by atoms with Crippen molar-refractivity contribution in [2.45, 2.75) is 52.0 Å². The van der Waals surface area contributed by atoms with Crippen LogP contribution in [0.2, 0.25) is 0 Å². The van der Waals surface area contributed by atoms with Gasteiger partial charge in [0.05, 0.1) is 42.5 Å². The fraction of sp³-hybridized carbons (Fsp3) is 0.636. The summed E-state index contributed by atoms with van der Waals surface area (Å²) in [6, 6.07) is 3.86. The third kappa shape index (κ3) is 4.09. The number of hydrogen-bond donors (Lipinski definition) is 2. The number of likely N-dealkylation sites (tertiary alicyclic amines) is 1. The summed E-state index contributed by atoms with van der Waals surface area (Å²) < 4.78 is 7.39. The van der Waals surface area contributed by atoms with Crippen molar-refractivity contribution < 1.29 is 19.7 Å². The number of morpholine rings is 1. The van der Waals surface area contributed by atoms with E-state index in [-0.39, 0.29) is 18.5 Å². The number of carbonyl (C=O) groups excluding carboxylic acids is 1. The molecule has 1 aromatic carbocycles. The van der Waals surface area contributed by atoms with E-state index in [1.165, 1.54) is 11.1 Å². The van der Waals surface area contributed by atoms with Gasteiger partial charge in [-0.2, -0.15) is 0 Å². The Morgan fingerprint density at radius 3 is 2.57 bits per heavy atom. The van der Waals surface area contributed by atoms with Crippen LogP contribution >= 0.6 is 0 Å². The van der Waals surface area contributed by atoms with Gasteiger partial charge in [-0.1, -0.05) is 0 Å². The first-order chi connectivity index (χ1) is 14.3. The van der Waals surface area contributed by atoms with Crippen LogP contribution in [0.4, 0.5) is 0 Å². The van der Waals surface area contributed by atoms with Crippen LogP contribution in [-0.4, -0.2) is 93.1 Å². The predicted octanol–water partition coefficient (Wildman–Crippen LogP) is 0.616. The van der Waals surface area contributed by atoms with E-state index in [2.05, 4.69) is 35.9 Å². The highest BCUT2D eigenvalue weighted by Gasteiger charge is 2.37. The van der Waals surface area contributed by atoms with Gasteiger partial charge >= 0.3 is 0 Å². The van der Waals surface area contributed by atoms with Crippen molar-refractivity contribution in [2.24, 2.45) is 0 Å². The summed E-state index contributed by atoms with van der Waals surface area (Å²) in [5.41, 5.74) is 4.21. The number of fused-ring (bicyclic) bond motifs is 1. The molecule has 2 fully saturated rings. The molecule has 2 aliphatic rings. The zero-order valence-corrected chi connectivity index (χ0v) is 18.0. The quantitative estimate of drug-likeness (QED) is 0.762. The van der Waals surface area contributed by atoms with Crippen LogP contribution in [0.15, 0.2) is 12.1 Å². The molecule has 1 aromatic heterocycles. The number of benzene rings is 1. The molecule has 8 heteroatoms. The number of aliphatic hydroxyl groups is 2. The first kappa shape index (κ1) is 21.2. The van der Waals surface area contributed by atoms with Crippen LogP contribution < -0.4 is 0 Å². The summed E-state index contributed by atoms with van der Waals surface area (Å²) in [5, 5.41) is 21.1. The van der Waals surface area contributed by atoms with Gasteiger partial charge in [0.2, 0.25) is 5.91 Å². The molecule has 3 atom stereocenters. The lowest BCUT2D eigenvalue weighted by molar-refractivity contribution is -0.133. The third-order valence-corrected chi connectivity index (χ3v) is 6.61. The minimum absolute atomic E-state index is 0.0183. The second-order valence-corrected chi connectivity index (χ2v) is 8.57. The van der Waals surface area contributed by atoms with Crippen molar-refractivity contribution in [3.05, 3.63) is 29.1 Å². The fourth-order valence-electron chi connectivity index (χ4n) is 4.54. The van der Waals surface area contributed by atoms with Crippen molar-refractivity contribution in [3.63, 3.8) is 0 Å². The lowest BCUT2D eigenvalue weighted by Crippen LogP contribution is -2.55. The minimum Gasteiger partial charge on any atom is -0.390 e. The summed E-state index contributed by atoms with van der Waals surface area (Å²) in [4.78, 5) is 21.8. The Morgan fingerprint density at radius 1 is 1.13 bits per heavy atom. The van der Waals surface area contributed by atoms with Crippen molar-refractivity contribution in [2.75, 3.05) is 39.4 Å². The molecule has 2 saturated heterocycles. The number of hydrogen-bond acceptors (Lipinski definition) is 6. The number of aromatic nitrogens is 2. The molecule has 2 N–H and O–H groups in total. The van der Waals surface area contributed by atoms with E-state index in [4.69, 9.17) is 4.74 Å². The molecule has 3 heterocycles. The van der Waals surface area contributed by atoms with Crippen LogP contribution in [0, 0.1) is 20.8 Å². The summed E-state index contributed by atoms with van der Waals surface area (Å²) in [5.74, 6) is 0.790. The SMILES string of the molecule is Cc1cc2nc(C)n(CC(=O)N3CC[C@@H](O)[C@@H](O)[C@H](N4CCOCC4)C3)c2cc1C. The Kier molecular flexibility index (Phi) is 6.11. The van der Waals surface area contributed by atoms with Gasteiger partial charge in [0.1, 0.15) is 12.4 Å². The molecule has 8 nitrogen and oxygen atoms in total. The molecule has 0 unspecified atom stereocenters. The van der Waals surface area contributed by atoms with Crippen LogP contribution in [-0.2, 0) is 16.1 Å². The number of amides is 1. The molecular formula is C22H32N4O4. The maximum absolute atomic E-state index is 13.3. The largest absolute Gasteiger partial charge is 0.390 e. The van der Waals surface area contributed by atoms with E-state index in [0.717, 1.165) is 16.9 Å². The third-order valence-electron chi connectivity index (χ3n) is 6.61. The predicted molar refractivity (Wildman–Crippen MR) is 113 cm³/mol. The highest BCUT2D eigenvalue weighted by atomic mass is 16.5. The van der Waals surface area contributed by atoms with Gasteiger partial charge in [-0.15, -0.1) is 0 Å². The van der Waals surface area contributed by atoms with Gasteiger partial charge in [-0.05, 0) is 50.5 Å². The van der Waals surface area contributed by atoms with Crippen LogP contribution in [0.25, 0.3) is 11.0 Å². The normalized spacial score (nSPS) is 26.2. The molecule has 0 radical (unpaired) electrons. The zero-order chi connectivity index (χ0) is 21.4. The lowest BCUT2D eigenvalue weighted by Gasteiger charge is -2.38. The van der Waals surface area contributed by atoms with E-state index in [1.807, 2.05) is 11.5 Å². The molecular weight excluding hydrogens is 384 g/mol. The fourth-order valence-corrected chi connectivity index (χ4v) is 4.54. The first-order valence-electron chi connectivity index (χ1n) is 10.7. The molecule has 2 aromatic rings. The molecule has 0 aliphatic carbocycles. The number of rotatable bonds is 3. The minimum atomic E-state index is -0.873. The first-order valence-corrected chi connectivity index (χ1v) is 10.7. The lowest BCUT2D eigenvalue weighted by atomic mass is 10.0. The summed E-state index contributed by atoms with van der Waals surface area (Å²) in [7, 11) is 0. The van der Waals surface area contributed by atoms with Gasteiger partial charge in [0, 0.05) is 26.2 Å². The van der Waals surface area contributed by atoms with E-state index in [1.54, 1.807) is 4.90 Å². The van der Waals surface area contributed by atoms with Gasteiger partial charge in [0.15, 0.2) is 0 Å². The smallest absolute Gasteiger partial charge is 0.242 e. The second-order valence-electron chi connectivity index (χ2n) is 8.57. The Labute approximate surface area is 177 Å². The van der Waals surface area contributed by atoms with Crippen molar-refractivity contribution >= 4 is 16.9 Å². The van der Waals surface area contributed by atoms with Crippen molar-refractivity contribution in [3.8, 4) is 0 Å². The van der Waals surface area contributed by atoms with Crippen LogP contribution in [0.5, 0.6) is 0 Å². The number of aliphatic hydroxyl groups excluding tert-OH is 2. The maximum Gasteiger partial charge on any atom is 0.242 e. The zero-order valence-electron chi connectivity index (χ0n) is 18.0. The number of aryl methyl sites for hydroxylation is 3. The van der Waals surface area contributed by atoms with Crippen molar-refractivity contribution in [1.82, 2.24) is 19.4 Å². The molecule has 0 bridgehead atoms. The van der Waals surface area contributed by atoms with Gasteiger partial charge < -0.3 is 24.4 Å². The number of nitrogens with zero attached hydrogens (tertiary/aromatic N) is 4. The Hall–Kier alpha value is -2.00. The molecule has 30 heavy (non-hydrogen) atoms. The van der Waals surface area contributed by atoms with Crippen LogP contribution in [0.3, 0.4) is 0 Å². The molecule has 0 saturated carbocycles. The number of imidazole rings is 1. The van der Waals surface area contributed by atoms with E-state index in [9.17, 15) is 15.0 Å². The Balaban J connectivity index is 1.56. The topological polar surface area (TPSA) is 91.1 Å². The van der Waals surface area contributed by atoms with Gasteiger partial charge in [-0.25, -0.2) is 4.98 Å². The molecule has 2 aliphatic heterocycles. The van der Waals surface area contributed by atoms with Gasteiger partial charge in [0.25, 0.3) is 0 Å². The molecule has 0 spiro atoms. The van der Waals surface area contributed by atoms with E-state index in [0.29, 0.717) is 45.8 Å². The highest BCUT2D eigenvalue weighted by Crippen LogP contribution is 2.22.